The number of hydrogen-bond donors (Lipinski definition) is 1. The second-order valence-corrected chi connectivity index (χ2v) is 6.48. The number of aromatic nitrogens is 1. The van der Waals surface area contributed by atoms with E-state index < -0.39 is 0 Å². The molecule has 128 valence electrons. The summed E-state index contributed by atoms with van der Waals surface area (Å²) in [6, 6.07) is 5.76. The number of carbonyl (C=O) groups is 2. The first-order valence-corrected chi connectivity index (χ1v) is 8.56. The Morgan fingerprint density at radius 1 is 1.33 bits per heavy atom. The second kappa shape index (κ2) is 6.67. The molecule has 0 radical (unpaired) electrons. The normalized spacial score (nSPS) is 18.0. The van der Waals surface area contributed by atoms with E-state index in [-0.39, 0.29) is 17.8 Å². The van der Waals surface area contributed by atoms with Crippen molar-refractivity contribution >= 4 is 22.8 Å². The number of hydrogen-bond acceptors (Lipinski definition) is 3. The Hall–Kier alpha value is -2.30. The molecule has 1 atom stereocenters. The number of fused-ring (bicyclic) bond motifs is 1. The Bertz CT molecular complexity index is 778. The molecule has 1 fully saturated rings. The van der Waals surface area contributed by atoms with Crippen molar-refractivity contribution in [2.24, 2.45) is 5.92 Å². The molecule has 1 N–H and O–H groups in total. The SMILES string of the molecule is CCOC(=O)[C@@H]1CCCN(C(=O)c2ccc3[nH]c(C)c(C)c3c2)C1. The molecule has 0 saturated carbocycles. The number of benzene rings is 1. The van der Waals surface area contributed by atoms with Gasteiger partial charge in [-0.05, 0) is 57.4 Å². The molecule has 0 unspecified atom stereocenters. The Morgan fingerprint density at radius 3 is 2.88 bits per heavy atom. The van der Waals surface area contributed by atoms with E-state index in [0.29, 0.717) is 25.3 Å². The average molecular weight is 328 g/mol. The summed E-state index contributed by atoms with van der Waals surface area (Å²) < 4.78 is 5.11. The zero-order valence-corrected chi connectivity index (χ0v) is 14.5. The molecule has 0 spiro atoms. The van der Waals surface area contributed by atoms with Crippen molar-refractivity contribution in [2.75, 3.05) is 19.7 Å². The molecule has 5 nitrogen and oxygen atoms in total. The lowest BCUT2D eigenvalue weighted by Crippen LogP contribution is -2.42. The van der Waals surface area contributed by atoms with Crippen LogP contribution in [0.2, 0.25) is 0 Å². The summed E-state index contributed by atoms with van der Waals surface area (Å²) in [4.78, 5) is 29.9. The molecule has 2 aromatic rings. The molecule has 5 heteroatoms. The lowest BCUT2D eigenvalue weighted by atomic mass is 9.97. The Balaban J connectivity index is 1.80. The molecular weight excluding hydrogens is 304 g/mol. The number of amides is 1. The first-order valence-electron chi connectivity index (χ1n) is 8.56. The summed E-state index contributed by atoms with van der Waals surface area (Å²) in [6.45, 7) is 7.41. The summed E-state index contributed by atoms with van der Waals surface area (Å²) >= 11 is 0. The van der Waals surface area contributed by atoms with E-state index in [1.54, 1.807) is 11.8 Å². The highest BCUT2D eigenvalue weighted by molar-refractivity contribution is 5.99. The van der Waals surface area contributed by atoms with Crippen LogP contribution in [-0.2, 0) is 9.53 Å². The molecule has 0 bridgehead atoms. The molecule has 1 aromatic heterocycles. The fourth-order valence-electron chi connectivity index (χ4n) is 3.39. The molecule has 0 aliphatic carbocycles. The van der Waals surface area contributed by atoms with Gasteiger partial charge >= 0.3 is 5.97 Å². The molecule has 2 heterocycles. The number of H-pyrrole nitrogens is 1. The minimum Gasteiger partial charge on any atom is -0.466 e. The number of carbonyl (C=O) groups excluding carboxylic acids is 2. The summed E-state index contributed by atoms with van der Waals surface area (Å²) in [5.41, 5.74) is 4.01. The third-order valence-corrected chi connectivity index (χ3v) is 4.88. The standard InChI is InChI=1S/C19H24N2O3/c1-4-24-19(23)15-6-5-9-21(11-15)18(22)14-7-8-17-16(10-14)12(2)13(3)20-17/h7-8,10,15,20H,4-6,9,11H2,1-3H3/t15-/m1/s1. The Labute approximate surface area is 142 Å². The number of nitrogens with one attached hydrogen (secondary N) is 1. The number of aromatic amines is 1. The van der Waals surface area contributed by atoms with Gasteiger partial charge in [-0.3, -0.25) is 9.59 Å². The van der Waals surface area contributed by atoms with Crippen LogP contribution >= 0.6 is 0 Å². The Morgan fingerprint density at radius 2 is 2.12 bits per heavy atom. The molecule has 24 heavy (non-hydrogen) atoms. The number of nitrogens with zero attached hydrogens (tertiary/aromatic N) is 1. The fourth-order valence-corrected chi connectivity index (χ4v) is 3.39. The van der Waals surface area contributed by atoms with Crippen LogP contribution in [0.3, 0.4) is 0 Å². The van der Waals surface area contributed by atoms with Gasteiger partial charge in [0.05, 0.1) is 12.5 Å². The van der Waals surface area contributed by atoms with Gasteiger partial charge in [0.15, 0.2) is 0 Å². The minimum absolute atomic E-state index is 0.0100. The quantitative estimate of drug-likeness (QED) is 0.880. The summed E-state index contributed by atoms with van der Waals surface area (Å²) in [6.07, 6.45) is 1.62. The maximum absolute atomic E-state index is 12.9. The number of rotatable bonds is 3. The van der Waals surface area contributed by atoms with E-state index in [1.807, 2.05) is 25.1 Å². The lowest BCUT2D eigenvalue weighted by Gasteiger charge is -2.31. The van der Waals surface area contributed by atoms with Gasteiger partial charge in [-0.2, -0.15) is 0 Å². The average Bonchev–Trinajstić information content (AvgIpc) is 2.88. The zero-order valence-electron chi connectivity index (χ0n) is 14.5. The van der Waals surface area contributed by atoms with Crippen molar-refractivity contribution in [2.45, 2.75) is 33.6 Å². The molecule has 1 saturated heterocycles. The van der Waals surface area contributed by atoms with Crippen LogP contribution < -0.4 is 0 Å². The predicted octanol–water partition coefficient (Wildman–Crippen LogP) is 3.20. The number of likely N-dealkylation sites (tertiary alicyclic amines) is 1. The van der Waals surface area contributed by atoms with E-state index in [0.717, 1.165) is 29.4 Å². The van der Waals surface area contributed by atoms with Crippen molar-refractivity contribution in [1.82, 2.24) is 9.88 Å². The van der Waals surface area contributed by atoms with E-state index >= 15 is 0 Å². The third kappa shape index (κ3) is 3.03. The molecular formula is C19H24N2O3. The number of aryl methyl sites for hydroxylation is 2. The van der Waals surface area contributed by atoms with Crippen LogP contribution in [0.25, 0.3) is 10.9 Å². The van der Waals surface area contributed by atoms with Crippen molar-refractivity contribution in [3.8, 4) is 0 Å². The van der Waals surface area contributed by atoms with Gasteiger partial charge in [0.25, 0.3) is 5.91 Å². The van der Waals surface area contributed by atoms with Crippen molar-refractivity contribution in [3.05, 3.63) is 35.0 Å². The highest BCUT2D eigenvalue weighted by atomic mass is 16.5. The van der Waals surface area contributed by atoms with Gasteiger partial charge < -0.3 is 14.6 Å². The maximum Gasteiger partial charge on any atom is 0.310 e. The summed E-state index contributed by atoms with van der Waals surface area (Å²) in [5.74, 6) is -0.408. The van der Waals surface area contributed by atoms with Gasteiger partial charge in [-0.15, -0.1) is 0 Å². The molecule has 1 aliphatic rings. The van der Waals surface area contributed by atoms with Crippen LogP contribution in [0.1, 0.15) is 41.4 Å². The number of esters is 1. The number of piperidine rings is 1. The molecule has 1 amide bonds. The van der Waals surface area contributed by atoms with E-state index in [2.05, 4.69) is 11.9 Å². The molecule has 1 aromatic carbocycles. The monoisotopic (exact) mass is 328 g/mol. The zero-order chi connectivity index (χ0) is 17.3. The molecule has 3 rings (SSSR count). The van der Waals surface area contributed by atoms with Crippen LogP contribution in [0.5, 0.6) is 0 Å². The number of ether oxygens (including phenoxy) is 1. The molecule has 1 aliphatic heterocycles. The highest BCUT2D eigenvalue weighted by Gasteiger charge is 2.29. The van der Waals surface area contributed by atoms with Crippen molar-refractivity contribution in [1.29, 1.82) is 0 Å². The first-order chi connectivity index (χ1) is 11.5. The smallest absolute Gasteiger partial charge is 0.310 e. The maximum atomic E-state index is 12.9. The largest absolute Gasteiger partial charge is 0.466 e. The van der Waals surface area contributed by atoms with Gasteiger partial charge in [-0.25, -0.2) is 0 Å². The third-order valence-electron chi connectivity index (χ3n) is 4.88. The van der Waals surface area contributed by atoms with Gasteiger partial charge in [0.2, 0.25) is 0 Å². The topological polar surface area (TPSA) is 62.4 Å². The van der Waals surface area contributed by atoms with Crippen LogP contribution in [0.4, 0.5) is 0 Å². The van der Waals surface area contributed by atoms with Crippen molar-refractivity contribution < 1.29 is 14.3 Å². The van der Waals surface area contributed by atoms with E-state index in [4.69, 9.17) is 4.74 Å². The lowest BCUT2D eigenvalue weighted by molar-refractivity contribution is -0.149. The first kappa shape index (κ1) is 16.6. The van der Waals surface area contributed by atoms with Gasteiger partial charge in [0, 0.05) is 35.2 Å². The fraction of sp³-hybridized carbons (Fsp3) is 0.474. The Kier molecular flexibility index (Phi) is 4.60. The van der Waals surface area contributed by atoms with Gasteiger partial charge in [0.1, 0.15) is 0 Å². The van der Waals surface area contributed by atoms with Crippen LogP contribution in [0.15, 0.2) is 18.2 Å². The van der Waals surface area contributed by atoms with Crippen LogP contribution in [0, 0.1) is 19.8 Å². The van der Waals surface area contributed by atoms with E-state index in [1.165, 1.54) is 5.56 Å². The summed E-state index contributed by atoms with van der Waals surface area (Å²) in [5, 5.41) is 1.08. The van der Waals surface area contributed by atoms with Gasteiger partial charge in [-0.1, -0.05) is 0 Å². The van der Waals surface area contributed by atoms with Crippen LogP contribution in [-0.4, -0.2) is 41.5 Å². The predicted molar refractivity (Wildman–Crippen MR) is 93.0 cm³/mol. The summed E-state index contributed by atoms with van der Waals surface area (Å²) in [7, 11) is 0. The minimum atomic E-state index is -0.206. The van der Waals surface area contributed by atoms with Crippen molar-refractivity contribution in [3.63, 3.8) is 0 Å². The second-order valence-electron chi connectivity index (χ2n) is 6.48. The van der Waals surface area contributed by atoms with E-state index in [9.17, 15) is 9.59 Å². The highest BCUT2D eigenvalue weighted by Crippen LogP contribution is 2.25.